The molecule has 0 saturated heterocycles. The van der Waals surface area contributed by atoms with Crippen molar-refractivity contribution in [3.63, 3.8) is 0 Å². The van der Waals surface area contributed by atoms with Crippen LogP contribution < -0.4 is 16.1 Å². The van der Waals surface area contributed by atoms with Gasteiger partial charge in [-0.25, -0.2) is 19.6 Å². The Balaban J connectivity index is 1.93. The Labute approximate surface area is 215 Å². The average molecular weight is 549 g/mol. The quantitative estimate of drug-likeness (QED) is 0.273. The van der Waals surface area contributed by atoms with Crippen LogP contribution in [0.25, 0.3) is 32.7 Å². The summed E-state index contributed by atoms with van der Waals surface area (Å²) in [7, 11) is 0. The number of aromatic nitrogens is 4. The number of thiazole rings is 1. The first kappa shape index (κ1) is 26.7. The number of urea groups is 1. The fourth-order valence-electron chi connectivity index (χ4n) is 3.63. The molecule has 0 saturated carbocycles. The van der Waals surface area contributed by atoms with Crippen LogP contribution in [-0.2, 0) is 12.7 Å². The molecular weight excluding hydrogens is 529 g/mol. The van der Waals surface area contributed by atoms with Crippen molar-refractivity contribution in [1.82, 2.24) is 24.8 Å². The average Bonchev–Trinajstić information content (AvgIpc) is 3.37. The summed E-state index contributed by atoms with van der Waals surface area (Å²) >= 11 is 0.712. The summed E-state index contributed by atoms with van der Waals surface area (Å²) < 4.78 is 41.1. The number of hydrogen-bond acceptors (Lipinski definition) is 8. The van der Waals surface area contributed by atoms with Crippen LogP contribution in [0.5, 0.6) is 0 Å². The number of nitrogens with one attached hydrogen (secondary N) is 2. The molecule has 4 N–H and O–H groups in total. The fourth-order valence-corrected chi connectivity index (χ4v) is 4.49. The van der Waals surface area contributed by atoms with E-state index in [1.165, 1.54) is 29.1 Å². The van der Waals surface area contributed by atoms with Gasteiger partial charge in [-0.1, -0.05) is 0 Å². The van der Waals surface area contributed by atoms with Gasteiger partial charge in [0.2, 0.25) is 5.43 Å². The summed E-state index contributed by atoms with van der Waals surface area (Å²) in [5.41, 5.74) is -1.77. The number of amides is 2. The standard InChI is InChI=1S/C23H19F3N6O5S/c1-2-27-22(37)31-18-6-11(20-30-17(10-38-20)23(24,25)26)13(7-29-18)15-5-12-16(8-28-15)32(3-4-33)9-14(19(12)34)21(35)36/h5-10,33H,2-4H2,1H3,(H,35,36)(H2,27,29,31,37). The normalized spacial score (nSPS) is 11.5. The first-order chi connectivity index (χ1) is 18.0. The third-order valence-electron chi connectivity index (χ3n) is 5.32. The van der Waals surface area contributed by atoms with Gasteiger partial charge in [0, 0.05) is 42.0 Å². The van der Waals surface area contributed by atoms with Crippen molar-refractivity contribution >= 4 is 40.1 Å². The molecule has 2 amide bonds. The summed E-state index contributed by atoms with van der Waals surface area (Å²) in [5, 5.41) is 24.6. The van der Waals surface area contributed by atoms with Crippen LogP contribution in [0.1, 0.15) is 23.0 Å². The van der Waals surface area contributed by atoms with Crippen LogP contribution in [0.2, 0.25) is 0 Å². The first-order valence-corrected chi connectivity index (χ1v) is 11.9. The molecule has 0 unspecified atom stereocenters. The van der Waals surface area contributed by atoms with Crippen LogP contribution in [0.3, 0.4) is 0 Å². The van der Waals surface area contributed by atoms with Crippen molar-refractivity contribution in [3.8, 4) is 21.8 Å². The van der Waals surface area contributed by atoms with Gasteiger partial charge in [-0.3, -0.25) is 15.1 Å². The zero-order chi connectivity index (χ0) is 27.6. The molecule has 0 fully saturated rings. The van der Waals surface area contributed by atoms with E-state index >= 15 is 0 Å². The van der Waals surface area contributed by atoms with E-state index in [2.05, 4.69) is 25.6 Å². The number of anilines is 1. The number of alkyl halides is 3. The highest BCUT2D eigenvalue weighted by Gasteiger charge is 2.34. The number of halogens is 3. The van der Waals surface area contributed by atoms with Gasteiger partial charge in [0.25, 0.3) is 0 Å². The molecule has 38 heavy (non-hydrogen) atoms. The Bertz CT molecular complexity index is 1600. The summed E-state index contributed by atoms with van der Waals surface area (Å²) in [5.74, 6) is -1.44. The molecule has 0 aliphatic heterocycles. The van der Waals surface area contributed by atoms with Gasteiger partial charge in [0.15, 0.2) is 5.69 Å². The number of carbonyl (C=O) groups excluding carboxylic acids is 1. The van der Waals surface area contributed by atoms with E-state index < -0.39 is 34.9 Å². The number of aliphatic hydroxyl groups is 1. The summed E-state index contributed by atoms with van der Waals surface area (Å²) in [6, 6.07) is 2.05. The van der Waals surface area contributed by atoms with Crippen molar-refractivity contribution in [1.29, 1.82) is 0 Å². The molecule has 4 aromatic rings. The molecule has 0 aromatic carbocycles. The van der Waals surface area contributed by atoms with Crippen LogP contribution in [0, 0.1) is 0 Å². The van der Waals surface area contributed by atoms with E-state index in [0.29, 0.717) is 17.9 Å². The number of pyridine rings is 3. The predicted molar refractivity (Wildman–Crippen MR) is 132 cm³/mol. The Morgan fingerprint density at radius 1 is 1.16 bits per heavy atom. The number of hydrogen-bond donors (Lipinski definition) is 4. The van der Waals surface area contributed by atoms with Crippen molar-refractivity contribution < 1.29 is 33.0 Å². The topological polar surface area (TPSA) is 159 Å². The van der Waals surface area contributed by atoms with Crippen molar-refractivity contribution in [2.24, 2.45) is 0 Å². The van der Waals surface area contributed by atoms with Gasteiger partial charge in [0.05, 0.1) is 29.4 Å². The largest absolute Gasteiger partial charge is 0.477 e. The molecule has 4 aromatic heterocycles. The maximum atomic E-state index is 13.3. The van der Waals surface area contributed by atoms with E-state index in [9.17, 15) is 37.8 Å². The smallest absolute Gasteiger partial charge is 0.434 e. The third-order valence-corrected chi connectivity index (χ3v) is 6.20. The molecule has 15 heteroatoms. The number of carboxylic acids is 1. The predicted octanol–water partition coefficient (Wildman–Crippen LogP) is 3.43. The van der Waals surface area contributed by atoms with Gasteiger partial charge < -0.3 is 20.1 Å². The second-order valence-corrected chi connectivity index (χ2v) is 8.67. The molecule has 198 valence electrons. The Morgan fingerprint density at radius 3 is 2.55 bits per heavy atom. The fraction of sp³-hybridized carbons (Fsp3) is 0.217. The van der Waals surface area contributed by atoms with E-state index in [-0.39, 0.29) is 51.7 Å². The zero-order valence-corrected chi connectivity index (χ0v) is 20.4. The lowest BCUT2D eigenvalue weighted by Gasteiger charge is -2.13. The highest BCUT2D eigenvalue weighted by Crippen LogP contribution is 2.38. The van der Waals surface area contributed by atoms with Crippen LogP contribution >= 0.6 is 11.3 Å². The van der Waals surface area contributed by atoms with E-state index in [0.717, 1.165) is 11.6 Å². The molecule has 4 rings (SSSR count). The minimum atomic E-state index is -4.68. The molecule has 0 atom stereocenters. The SMILES string of the molecule is CCNC(=O)Nc1cc(-c2nc(C(F)(F)F)cs2)c(-c2cc3c(=O)c(C(=O)O)cn(CCO)c3cn2)cn1. The highest BCUT2D eigenvalue weighted by molar-refractivity contribution is 7.13. The minimum Gasteiger partial charge on any atom is -0.477 e. The Hall–Kier alpha value is -4.37. The maximum absolute atomic E-state index is 13.3. The van der Waals surface area contributed by atoms with E-state index in [4.69, 9.17) is 0 Å². The summed E-state index contributed by atoms with van der Waals surface area (Å²) in [6.07, 6.45) is -1.03. The first-order valence-electron chi connectivity index (χ1n) is 11.0. The molecule has 4 heterocycles. The number of carbonyl (C=O) groups is 2. The lowest BCUT2D eigenvalue weighted by Crippen LogP contribution is -2.28. The number of aliphatic hydroxyl groups excluding tert-OH is 1. The lowest BCUT2D eigenvalue weighted by atomic mass is 10.0. The van der Waals surface area contributed by atoms with E-state index in [1.54, 1.807) is 6.92 Å². The van der Waals surface area contributed by atoms with Crippen molar-refractivity contribution in [2.75, 3.05) is 18.5 Å². The number of nitrogens with zero attached hydrogens (tertiary/aromatic N) is 4. The van der Waals surface area contributed by atoms with Gasteiger partial charge in [-0.15, -0.1) is 11.3 Å². The van der Waals surface area contributed by atoms with Gasteiger partial charge >= 0.3 is 18.2 Å². The van der Waals surface area contributed by atoms with Gasteiger partial charge in [-0.2, -0.15) is 13.2 Å². The maximum Gasteiger partial charge on any atom is 0.434 e. The lowest BCUT2D eigenvalue weighted by molar-refractivity contribution is -0.140. The molecule has 0 aliphatic rings. The zero-order valence-electron chi connectivity index (χ0n) is 19.5. The van der Waals surface area contributed by atoms with E-state index in [1.807, 2.05) is 0 Å². The monoisotopic (exact) mass is 548 g/mol. The molecule has 11 nitrogen and oxygen atoms in total. The molecule has 0 aliphatic carbocycles. The number of fused-ring (bicyclic) bond motifs is 1. The summed E-state index contributed by atoms with van der Waals surface area (Å²) in [6.45, 7) is 1.68. The molecular formula is C23H19F3N6O5S. The van der Waals surface area contributed by atoms with Gasteiger partial charge in [0.1, 0.15) is 16.4 Å². The van der Waals surface area contributed by atoms with Crippen LogP contribution in [0.4, 0.5) is 23.8 Å². The second-order valence-electron chi connectivity index (χ2n) is 7.82. The minimum absolute atomic E-state index is 0.00951. The number of aromatic carboxylic acids is 1. The summed E-state index contributed by atoms with van der Waals surface area (Å²) in [4.78, 5) is 48.7. The van der Waals surface area contributed by atoms with Crippen molar-refractivity contribution in [3.05, 3.63) is 57.6 Å². The third kappa shape index (κ3) is 5.33. The van der Waals surface area contributed by atoms with Crippen LogP contribution in [-0.4, -0.2) is 54.9 Å². The number of rotatable bonds is 7. The second kappa shape index (κ2) is 10.5. The Morgan fingerprint density at radius 2 is 1.92 bits per heavy atom. The molecule has 0 radical (unpaired) electrons. The van der Waals surface area contributed by atoms with Gasteiger partial charge in [-0.05, 0) is 19.1 Å². The Kier molecular flexibility index (Phi) is 7.41. The van der Waals surface area contributed by atoms with Crippen molar-refractivity contribution in [2.45, 2.75) is 19.6 Å². The molecule has 0 spiro atoms. The highest BCUT2D eigenvalue weighted by atomic mass is 32.1. The number of carboxylic acid groups (broad SMARTS) is 1. The molecule has 0 bridgehead atoms. The van der Waals surface area contributed by atoms with Crippen LogP contribution in [0.15, 0.2) is 40.9 Å².